The minimum atomic E-state index is -0.180. The molecule has 0 bridgehead atoms. The molecule has 3 heteroatoms. The minimum absolute atomic E-state index is 0.180. The van der Waals surface area contributed by atoms with Crippen LogP contribution in [0, 0.1) is 5.82 Å². The Labute approximate surface area is 75.9 Å². The summed E-state index contributed by atoms with van der Waals surface area (Å²) in [6, 6.07) is 6.63. The van der Waals surface area contributed by atoms with Crippen LogP contribution in [0.2, 0.25) is 0 Å². The predicted octanol–water partition coefficient (Wildman–Crippen LogP) is 2.38. The van der Waals surface area contributed by atoms with Gasteiger partial charge >= 0.3 is 0 Å². The van der Waals surface area contributed by atoms with Crippen molar-refractivity contribution in [1.29, 1.82) is 0 Å². The summed E-state index contributed by atoms with van der Waals surface area (Å²) in [5.41, 5.74) is 1.17. The summed E-state index contributed by atoms with van der Waals surface area (Å²) < 4.78 is 14.2. The highest BCUT2D eigenvalue weighted by Crippen LogP contribution is 2.27. The molecule has 0 unspecified atom stereocenters. The summed E-state index contributed by atoms with van der Waals surface area (Å²) in [6.45, 7) is 1.74. The zero-order chi connectivity index (χ0) is 8.55. The van der Waals surface area contributed by atoms with Crippen molar-refractivity contribution in [2.45, 2.75) is 5.92 Å². The molecule has 1 aliphatic rings. The Morgan fingerprint density at radius 2 is 1.83 bits per heavy atom. The van der Waals surface area contributed by atoms with Gasteiger partial charge in [0.2, 0.25) is 0 Å². The molecule has 1 aromatic rings. The lowest BCUT2D eigenvalue weighted by molar-refractivity contribution is 0.278. The molecule has 0 atom stereocenters. The smallest absolute Gasteiger partial charge is 0.123 e. The number of halogens is 2. The van der Waals surface area contributed by atoms with Gasteiger partial charge in [0.15, 0.2) is 0 Å². The van der Waals surface area contributed by atoms with Crippen LogP contribution < -0.4 is 0 Å². The third-order valence-electron chi connectivity index (χ3n) is 2.18. The third-order valence-corrected chi connectivity index (χ3v) is 2.45. The van der Waals surface area contributed by atoms with Gasteiger partial charge in [-0.15, -0.1) is 0 Å². The Morgan fingerprint density at radius 3 is 2.33 bits per heavy atom. The lowest BCUT2D eigenvalue weighted by Gasteiger charge is -2.33. The van der Waals surface area contributed by atoms with Gasteiger partial charge in [-0.1, -0.05) is 12.1 Å². The van der Waals surface area contributed by atoms with Gasteiger partial charge in [-0.3, -0.25) is 0 Å². The summed E-state index contributed by atoms with van der Waals surface area (Å²) in [6.07, 6.45) is 0. The molecule has 2 rings (SSSR count). The highest BCUT2D eigenvalue weighted by Gasteiger charge is 2.26. The molecule has 0 amide bonds. The molecule has 1 saturated heterocycles. The maximum Gasteiger partial charge on any atom is 0.123 e. The highest BCUT2D eigenvalue weighted by atomic mass is 35.5. The van der Waals surface area contributed by atoms with E-state index in [1.54, 1.807) is 4.42 Å². The Morgan fingerprint density at radius 1 is 1.25 bits per heavy atom. The van der Waals surface area contributed by atoms with Crippen molar-refractivity contribution < 1.29 is 4.39 Å². The van der Waals surface area contributed by atoms with E-state index in [0.717, 1.165) is 13.1 Å². The molecular weight excluding hydrogens is 177 g/mol. The number of benzene rings is 1. The second-order valence-electron chi connectivity index (χ2n) is 3.08. The van der Waals surface area contributed by atoms with Crippen molar-refractivity contribution in [1.82, 2.24) is 4.42 Å². The van der Waals surface area contributed by atoms with Gasteiger partial charge in [0.05, 0.1) is 0 Å². The molecule has 64 valence electrons. The van der Waals surface area contributed by atoms with E-state index in [0.29, 0.717) is 5.92 Å². The monoisotopic (exact) mass is 185 g/mol. The zero-order valence-electron chi connectivity index (χ0n) is 6.50. The van der Waals surface area contributed by atoms with E-state index in [1.165, 1.54) is 17.7 Å². The molecule has 1 aliphatic heterocycles. The quantitative estimate of drug-likeness (QED) is 0.608. The average Bonchev–Trinajstić information content (AvgIpc) is 2.01. The molecule has 0 aromatic heterocycles. The molecule has 1 heterocycles. The normalized spacial score (nSPS) is 19.2. The van der Waals surface area contributed by atoms with Crippen molar-refractivity contribution in [2.75, 3.05) is 13.1 Å². The van der Waals surface area contributed by atoms with Crippen molar-refractivity contribution in [3.8, 4) is 0 Å². The molecule has 1 nitrogen and oxygen atoms in total. The van der Waals surface area contributed by atoms with Crippen molar-refractivity contribution in [3.05, 3.63) is 35.6 Å². The number of hydrogen-bond acceptors (Lipinski definition) is 1. The van der Waals surface area contributed by atoms with Crippen LogP contribution in [0.5, 0.6) is 0 Å². The fourth-order valence-corrected chi connectivity index (χ4v) is 1.70. The lowest BCUT2D eigenvalue weighted by Crippen LogP contribution is -2.37. The predicted molar refractivity (Wildman–Crippen MR) is 46.6 cm³/mol. The van der Waals surface area contributed by atoms with E-state index < -0.39 is 0 Å². The van der Waals surface area contributed by atoms with E-state index >= 15 is 0 Å². The maximum absolute atomic E-state index is 12.5. The van der Waals surface area contributed by atoms with E-state index in [2.05, 4.69) is 0 Å². The van der Waals surface area contributed by atoms with E-state index in [-0.39, 0.29) is 5.82 Å². The van der Waals surface area contributed by atoms with Gasteiger partial charge in [0.25, 0.3) is 0 Å². The Balaban J connectivity index is 2.09. The summed E-state index contributed by atoms with van der Waals surface area (Å²) in [5, 5.41) is 0. The summed E-state index contributed by atoms with van der Waals surface area (Å²) in [5.74, 6) is 0.309. The molecule has 1 aromatic carbocycles. The first-order chi connectivity index (χ1) is 5.75. The fourth-order valence-electron chi connectivity index (χ4n) is 1.37. The number of rotatable bonds is 1. The molecule has 0 spiro atoms. The maximum atomic E-state index is 12.5. The second-order valence-corrected chi connectivity index (χ2v) is 3.55. The molecule has 0 saturated carbocycles. The van der Waals surface area contributed by atoms with Crippen LogP contribution in [0.1, 0.15) is 11.5 Å². The molecule has 0 N–H and O–H groups in total. The lowest BCUT2D eigenvalue weighted by atomic mass is 9.94. The van der Waals surface area contributed by atoms with Crippen LogP contribution in [0.3, 0.4) is 0 Å². The Hall–Kier alpha value is -0.600. The average molecular weight is 186 g/mol. The standard InChI is InChI=1S/C9H9ClFN/c10-12-5-8(6-12)7-1-3-9(11)4-2-7/h1-4,8H,5-6H2. The topological polar surface area (TPSA) is 3.24 Å². The Bertz CT molecular complexity index is 266. The molecular formula is C9H9ClFN. The van der Waals surface area contributed by atoms with Crippen LogP contribution in [0.25, 0.3) is 0 Å². The number of hydrogen-bond donors (Lipinski definition) is 0. The van der Waals surface area contributed by atoms with Gasteiger partial charge in [0, 0.05) is 19.0 Å². The first kappa shape index (κ1) is 8.02. The zero-order valence-corrected chi connectivity index (χ0v) is 7.26. The summed E-state index contributed by atoms with van der Waals surface area (Å²) >= 11 is 5.68. The van der Waals surface area contributed by atoms with Crippen molar-refractivity contribution >= 4 is 11.8 Å². The van der Waals surface area contributed by atoms with Gasteiger partial charge in [0.1, 0.15) is 5.82 Å². The molecule has 0 radical (unpaired) electrons. The Kier molecular flexibility index (Phi) is 2.03. The first-order valence-corrected chi connectivity index (χ1v) is 4.26. The van der Waals surface area contributed by atoms with Crippen LogP contribution in [0.15, 0.2) is 24.3 Å². The fraction of sp³-hybridized carbons (Fsp3) is 0.333. The third kappa shape index (κ3) is 1.45. The van der Waals surface area contributed by atoms with Crippen LogP contribution in [0.4, 0.5) is 4.39 Å². The minimum Gasteiger partial charge on any atom is -0.219 e. The molecule has 1 fully saturated rings. The largest absolute Gasteiger partial charge is 0.219 e. The van der Waals surface area contributed by atoms with Crippen molar-refractivity contribution in [3.63, 3.8) is 0 Å². The first-order valence-electron chi connectivity index (χ1n) is 3.92. The van der Waals surface area contributed by atoms with Gasteiger partial charge in [-0.05, 0) is 29.5 Å². The van der Waals surface area contributed by atoms with Crippen molar-refractivity contribution in [2.24, 2.45) is 0 Å². The molecule has 0 aliphatic carbocycles. The van der Waals surface area contributed by atoms with E-state index in [1.807, 2.05) is 12.1 Å². The van der Waals surface area contributed by atoms with Gasteiger partial charge in [-0.25, -0.2) is 8.81 Å². The summed E-state index contributed by atoms with van der Waals surface area (Å²) in [7, 11) is 0. The van der Waals surface area contributed by atoms with E-state index in [4.69, 9.17) is 11.8 Å². The van der Waals surface area contributed by atoms with Gasteiger partial charge in [-0.2, -0.15) is 0 Å². The highest BCUT2D eigenvalue weighted by molar-refractivity contribution is 6.13. The van der Waals surface area contributed by atoms with Crippen LogP contribution >= 0.6 is 11.8 Å². The van der Waals surface area contributed by atoms with Gasteiger partial charge < -0.3 is 0 Å². The van der Waals surface area contributed by atoms with Crippen LogP contribution in [-0.4, -0.2) is 17.5 Å². The molecule has 12 heavy (non-hydrogen) atoms. The SMILES string of the molecule is Fc1ccc(C2CN(Cl)C2)cc1. The number of nitrogens with zero attached hydrogens (tertiary/aromatic N) is 1. The summed E-state index contributed by atoms with van der Waals surface area (Å²) in [4.78, 5) is 0. The van der Waals surface area contributed by atoms with E-state index in [9.17, 15) is 4.39 Å². The van der Waals surface area contributed by atoms with Crippen LogP contribution in [-0.2, 0) is 0 Å². The second kappa shape index (κ2) is 3.04.